The molecule has 0 N–H and O–H groups in total. The van der Waals surface area contributed by atoms with Gasteiger partial charge in [0.25, 0.3) is 0 Å². The zero-order valence-electron chi connectivity index (χ0n) is 19.7. The summed E-state index contributed by atoms with van der Waals surface area (Å²) in [4.78, 5) is 19.8. The van der Waals surface area contributed by atoms with Crippen LogP contribution in [0, 0.1) is 5.92 Å². The molecule has 2 fully saturated rings. The molecule has 0 radical (unpaired) electrons. The zero-order valence-corrected chi connectivity index (χ0v) is 19.7. The molecule has 5 nitrogen and oxygen atoms in total. The minimum Gasteiger partial charge on any atom is -0.360 e. The van der Waals surface area contributed by atoms with E-state index < -0.39 is 0 Å². The van der Waals surface area contributed by atoms with E-state index in [-0.39, 0.29) is 5.92 Å². The van der Waals surface area contributed by atoms with Crippen molar-refractivity contribution in [2.24, 2.45) is 15.9 Å². The van der Waals surface area contributed by atoms with E-state index in [1.807, 2.05) is 12.4 Å². The number of piperidine rings is 2. The third kappa shape index (κ3) is 4.73. The molecule has 5 heteroatoms. The summed E-state index contributed by atoms with van der Waals surface area (Å²) < 4.78 is 0. The second-order valence-electron chi connectivity index (χ2n) is 9.93. The Morgan fingerprint density at radius 2 is 1.97 bits per heavy atom. The SMILES string of the molecule is CCC1=CC=CC(c2cc3c(cn2)N=C(N2CCC(N4CCCC(C)C4)CC2)CC3)C=N1. The van der Waals surface area contributed by atoms with Crippen molar-refractivity contribution in [3.05, 3.63) is 47.4 Å². The standard InChI is InChI=1S/C27H37N5/c1-3-23-8-4-7-22(17-28-23)25-16-21-9-10-27(30-26(21)18-29-25)31-14-11-24(12-15-31)32-13-5-6-20(2)19-32/h4,7-8,16-18,20,22,24H,3,5-6,9-15,19H2,1-2H3. The van der Waals surface area contributed by atoms with Gasteiger partial charge in [-0.25, -0.2) is 4.99 Å². The normalized spacial score (nSPS) is 27.0. The summed E-state index contributed by atoms with van der Waals surface area (Å²) in [6, 6.07) is 3.02. The van der Waals surface area contributed by atoms with E-state index >= 15 is 0 Å². The van der Waals surface area contributed by atoms with Crippen molar-refractivity contribution in [3.63, 3.8) is 0 Å². The molecule has 5 rings (SSSR count). The minimum absolute atomic E-state index is 0.141. The maximum absolute atomic E-state index is 5.05. The van der Waals surface area contributed by atoms with Gasteiger partial charge in [-0.15, -0.1) is 0 Å². The second kappa shape index (κ2) is 9.70. The molecule has 0 aromatic carbocycles. The van der Waals surface area contributed by atoms with Gasteiger partial charge in [0.1, 0.15) is 5.84 Å². The molecular weight excluding hydrogens is 394 g/mol. The lowest BCUT2D eigenvalue weighted by molar-refractivity contribution is 0.0917. The molecule has 0 amide bonds. The van der Waals surface area contributed by atoms with Crippen molar-refractivity contribution in [2.45, 2.75) is 70.8 Å². The van der Waals surface area contributed by atoms with Crippen LogP contribution in [0.4, 0.5) is 5.69 Å². The molecule has 1 aromatic rings. The van der Waals surface area contributed by atoms with Gasteiger partial charge >= 0.3 is 0 Å². The number of hydrogen-bond acceptors (Lipinski definition) is 5. The largest absolute Gasteiger partial charge is 0.360 e. The highest BCUT2D eigenvalue weighted by Gasteiger charge is 2.29. The number of aliphatic imine (C=N–C) groups is 2. The third-order valence-corrected chi connectivity index (χ3v) is 7.60. The van der Waals surface area contributed by atoms with Crippen LogP contribution in [-0.2, 0) is 6.42 Å². The lowest BCUT2D eigenvalue weighted by Crippen LogP contribution is -2.49. The summed E-state index contributed by atoms with van der Waals surface area (Å²) >= 11 is 0. The van der Waals surface area contributed by atoms with Gasteiger partial charge in [-0.3, -0.25) is 14.9 Å². The predicted octanol–water partition coefficient (Wildman–Crippen LogP) is 5.27. The van der Waals surface area contributed by atoms with Crippen molar-refractivity contribution in [1.29, 1.82) is 0 Å². The van der Waals surface area contributed by atoms with E-state index in [4.69, 9.17) is 9.98 Å². The number of likely N-dealkylation sites (tertiary alicyclic amines) is 2. The molecule has 0 bridgehead atoms. The number of rotatable bonds is 3. The number of hydrogen-bond donors (Lipinski definition) is 0. The molecule has 1 aromatic heterocycles. The van der Waals surface area contributed by atoms with Gasteiger partial charge in [0.05, 0.1) is 23.5 Å². The van der Waals surface area contributed by atoms with Crippen LogP contribution in [0.25, 0.3) is 0 Å². The summed E-state index contributed by atoms with van der Waals surface area (Å²) in [6.07, 6.45) is 18.8. The minimum atomic E-state index is 0.141. The fourth-order valence-electron chi connectivity index (χ4n) is 5.65. The van der Waals surface area contributed by atoms with Crippen LogP contribution in [0.2, 0.25) is 0 Å². The Balaban J connectivity index is 1.23. The first kappa shape index (κ1) is 21.6. The molecule has 5 heterocycles. The van der Waals surface area contributed by atoms with Crippen LogP contribution in [-0.4, -0.2) is 59.1 Å². The Bertz CT molecular complexity index is 935. The smallest absolute Gasteiger partial charge is 0.105 e. The Morgan fingerprint density at radius 3 is 2.78 bits per heavy atom. The van der Waals surface area contributed by atoms with Crippen molar-refractivity contribution < 1.29 is 0 Å². The van der Waals surface area contributed by atoms with Crippen LogP contribution < -0.4 is 0 Å². The first-order chi connectivity index (χ1) is 15.7. The van der Waals surface area contributed by atoms with Gasteiger partial charge in [-0.1, -0.05) is 26.0 Å². The number of nitrogens with zero attached hydrogens (tertiary/aromatic N) is 5. The molecule has 0 spiro atoms. The zero-order chi connectivity index (χ0) is 21.9. The Morgan fingerprint density at radius 1 is 1.09 bits per heavy atom. The fourth-order valence-corrected chi connectivity index (χ4v) is 5.65. The van der Waals surface area contributed by atoms with Crippen LogP contribution >= 0.6 is 0 Å². The summed E-state index contributed by atoms with van der Waals surface area (Å²) in [5.41, 5.74) is 4.58. The van der Waals surface area contributed by atoms with Crippen molar-refractivity contribution in [1.82, 2.24) is 14.8 Å². The fraction of sp³-hybridized carbons (Fsp3) is 0.593. The van der Waals surface area contributed by atoms with Crippen LogP contribution in [0.1, 0.15) is 69.5 Å². The van der Waals surface area contributed by atoms with Crippen molar-refractivity contribution in [2.75, 3.05) is 26.2 Å². The van der Waals surface area contributed by atoms with E-state index in [0.717, 1.165) is 61.4 Å². The molecule has 2 saturated heterocycles. The van der Waals surface area contributed by atoms with Gasteiger partial charge in [-0.05, 0) is 68.7 Å². The van der Waals surface area contributed by atoms with Gasteiger partial charge < -0.3 is 4.90 Å². The summed E-state index contributed by atoms with van der Waals surface area (Å²) in [7, 11) is 0. The maximum Gasteiger partial charge on any atom is 0.105 e. The molecule has 4 aliphatic heterocycles. The molecule has 2 unspecified atom stereocenters. The molecular formula is C27H37N5. The quantitative estimate of drug-likeness (QED) is 0.655. The van der Waals surface area contributed by atoms with Crippen LogP contribution in [0.15, 0.2) is 46.2 Å². The number of aromatic nitrogens is 1. The van der Waals surface area contributed by atoms with E-state index in [2.05, 4.69) is 52.9 Å². The highest BCUT2D eigenvalue weighted by molar-refractivity contribution is 5.87. The first-order valence-electron chi connectivity index (χ1n) is 12.7. The highest BCUT2D eigenvalue weighted by Crippen LogP contribution is 2.31. The summed E-state index contributed by atoms with van der Waals surface area (Å²) in [5.74, 6) is 2.27. The Kier molecular flexibility index (Phi) is 6.54. The van der Waals surface area contributed by atoms with E-state index in [1.54, 1.807) is 0 Å². The lowest BCUT2D eigenvalue weighted by Gasteiger charge is -2.42. The van der Waals surface area contributed by atoms with E-state index in [0.29, 0.717) is 0 Å². The van der Waals surface area contributed by atoms with Crippen LogP contribution in [0.3, 0.4) is 0 Å². The summed E-state index contributed by atoms with van der Waals surface area (Å²) in [5, 5.41) is 0. The number of fused-ring (bicyclic) bond motifs is 1. The molecule has 0 saturated carbocycles. The first-order valence-corrected chi connectivity index (χ1v) is 12.7. The van der Waals surface area contributed by atoms with Crippen molar-refractivity contribution in [3.8, 4) is 0 Å². The topological polar surface area (TPSA) is 44.1 Å². The molecule has 0 aliphatic carbocycles. The summed E-state index contributed by atoms with van der Waals surface area (Å²) in [6.45, 7) is 9.43. The highest BCUT2D eigenvalue weighted by atomic mass is 15.2. The maximum atomic E-state index is 5.05. The average molecular weight is 432 g/mol. The number of allylic oxidation sites excluding steroid dienone is 4. The lowest BCUT2D eigenvalue weighted by atomic mass is 9.94. The van der Waals surface area contributed by atoms with Gasteiger partial charge in [-0.2, -0.15) is 0 Å². The van der Waals surface area contributed by atoms with Crippen LogP contribution in [0.5, 0.6) is 0 Å². The Labute approximate surface area is 193 Å². The average Bonchev–Trinajstić information content (AvgIpc) is 3.09. The molecule has 170 valence electrons. The van der Waals surface area contributed by atoms with Gasteiger partial charge in [0, 0.05) is 44.0 Å². The molecule has 4 aliphatic rings. The van der Waals surface area contributed by atoms with Gasteiger partial charge in [0.15, 0.2) is 0 Å². The second-order valence-corrected chi connectivity index (χ2v) is 9.93. The number of pyridine rings is 1. The van der Waals surface area contributed by atoms with Gasteiger partial charge in [0.2, 0.25) is 0 Å². The predicted molar refractivity (Wildman–Crippen MR) is 133 cm³/mol. The third-order valence-electron chi connectivity index (χ3n) is 7.60. The molecule has 2 atom stereocenters. The van der Waals surface area contributed by atoms with E-state index in [1.165, 1.54) is 50.2 Å². The molecule has 32 heavy (non-hydrogen) atoms. The number of aryl methyl sites for hydroxylation is 1. The van der Waals surface area contributed by atoms with Crippen molar-refractivity contribution >= 4 is 17.7 Å². The Hall–Kier alpha value is -2.27. The number of amidine groups is 1. The van der Waals surface area contributed by atoms with E-state index in [9.17, 15) is 0 Å². The monoisotopic (exact) mass is 431 g/mol.